The van der Waals surface area contributed by atoms with E-state index in [0.717, 1.165) is 35.5 Å². The van der Waals surface area contributed by atoms with Crippen LogP contribution in [0, 0.1) is 41.4 Å². The first kappa shape index (κ1) is 36.1. The van der Waals surface area contributed by atoms with Gasteiger partial charge in [0.1, 0.15) is 0 Å². The third kappa shape index (κ3) is 4.81. The molecule has 6 fully saturated rings. The molecule has 0 radical (unpaired) electrons. The van der Waals surface area contributed by atoms with Gasteiger partial charge in [0, 0.05) is 27.9 Å². The lowest BCUT2D eigenvalue weighted by atomic mass is 9.43. The maximum absolute atomic E-state index is 2.69. The lowest BCUT2D eigenvalue weighted by molar-refractivity contribution is -0.0399. The lowest BCUT2D eigenvalue weighted by Crippen LogP contribution is -2.55. The molecule has 6 bridgehead atoms. The van der Waals surface area contributed by atoms with E-state index in [-0.39, 0.29) is 10.8 Å². The van der Waals surface area contributed by atoms with Crippen LogP contribution in [0.3, 0.4) is 0 Å². The summed E-state index contributed by atoms with van der Waals surface area (Å²) >= 11 is 0. The van der Waals surface area contributed by atoms with Crippen LogP contribution in [0.15, 0.2) is 152 Å². The number of fused-ring (bicyclic) bond motifs is 12. The summed E-state index contributed by atoms with van der Waals surface area (Å²) in [6.45, 7) is 2.48. The maximum atomic E-state index is 2.69. The van der Waals surface area contributed by atoms with Gasteiger partial charge in [-0.15, -0.1) is 0 Å². The molecule has 15 rings (SSSR count). The largest absolute Gasteiger partial charge is 0.310 e. The van der Waals surface area contributed by atoms with E-state index in [4.69, 9.17) is 0 Å². The summed E-state index contributed by atoms with van der Waals surface area (Å²) in [6, 6.07) is 59.7. The van der Waals surface area contributed by atoms with Gasteiger partial charge < -0.3 is 4.90 Å². The van der Waals surface area contributed by atoms with Crippen molar-refractivity contribution in [3.05, 3.63) is 174 Å². The van der Waals surface area contributed by atoms with Crippen LogP contribution in [0.5, 0.6) is 0 Å². The number of rotatable bonds is 5. The number of nitrogens with zero attached hydrogens (tertiary/aromatic N) is 1. The first-order valence-electron chi connectivity index (χ1n) is 24.5. The Hall–Kier alpha value is -5.40. The first-order valence-corrected chi connectivity index (χ1v) is 24.5. The third-order valence-electron chi connectivity index (χ3n) is 18.6. The van der Waals surface area contributed by atoms with Gasteiger partial charge in [-0.1, -0.05) is 135 Å². The smallest absolute Gasteiger partial charge is 0.0468 e. The van der Waals surface area contributed by atoms with Gasteiger partial charge in [0.25, 0.3) is 0 Å². The van der Waals surface area contributed by atoms with Crippen molar-refractivity contribution < 1.29 is 0 Å². The van der Waals surface area contributed by atoms with Crippen LogP contribution >= 0.6 is 0 Å². The fraction of sp³-hybridized carbons (Fsp3) is 0.344. The highest BCUT2D eigenvalue weighted by atomic mass is 15.1. The van der Waals surface area contributed by atoms with Crippen molar-refractivity contribution in [1.29, 1.82) is 0 Å². The average molecular weight is 804 g/mol. The minimum absolute atomic E-state index is 0.119. The molecule has 0 amide bonds. The molecule has 8 aliphatic rings. The van der Waals surface area contributed by atoms with Gasteiger partial charge in [0.15, 0.2) is 0 Å². The molecule has 6 saturated carbocycles. The molecule has 4 unspecified atom stereocenters. The predicted octanol–water partition coefficient (Wildman–Crippen LogP) is 16.2. The zero-order chi connectivity index (χ0) is 40.7. The number of hydrogen-bond donors (Lipinski definition) is 0. The molecule has 306 valence electrons. The number of benzene rings is 7. The summed E-state index contributed by atoms with van der Waals surface area (Å²) in [6.07, 6.45) is 15.3. The normalized spacial score (nSPS) is 30.4. The molecule has 7 aromatic carbocycles. The Balaban J connectivity index is 0.954. The van der Waals surface area contributed by atoms with E-state index in [2.05, 4.69) is 163 Å². The molecule has 0 heterocycles. The van der Waals surface area contributed by atoms with E-state index >= 15 is 0 Å². The molecule has 4 atom stereocenters. The van der Waals surface area contributed by atoms with Crippen LogP contribution in [0.4, 0.5) is 17.1 Å². The van der Waals surface area contributed by atoms with E-state index < -0.39 is 0 Å². The predicted molar refractivity (Wildman–Crippen MR) is 257 cm³/mol. The van der Waals surface area contributed by atoms with Gasteiger partial charge in [-0.2, -0.15) is 0 Å². The Bertz CT molecular complexity index is 2900. The Morgan fingerprint density at radius 2 is 1.02 bits per heavy atom. The Morgan fingerprint density at radius 3 is 1.79 bits per heavy atom. The summed E-state index contributed by atoms with van der Waals surface area (Å²) in [5.41, 5.74) is 19.0. The molecule has 1 nitrogen and oxygen atoms in total. The summed E-state index contributed by atoms with van der Waals surface area (Å²) < 4.78 is 0. The molecular formula is C61H57N. The second-order valence-electron chi connectivity index (χ2n) is 21.1. The van der Waals surface area contributed by atoms with Crippen LogP contribution in [0.1, 0.15) is 99.8 Å². The van der Waals surface area contributed by atoms with Crippen LogP contribution in [-0.4, -0.2) is 0 Å². The standard InChI is InChI=1S/C61H57N/c1-2-45-29-38-10-9-13-46(30-38)60(45)57-17-8-6-15-53(57)55-36-50(25-27-58(55)60)62(49-22-20-42(21-23-49)44-19-18-41-11-3-4-12-43(41)35-44)51-24-26-54-52-14-5-7-16-56(52)61(59(54)37-51)47-31-39-28-40(33-47)34-48(61)32-39/h3-8,11-12,14-27,35-40,45-48H,2,9-10,13,28-34H2,1H3. The summed E-state index contributed by atoms with van der Waals surface area (Å²) in [5.74, 6) is 5.64. The van der Waals surface area contributed by atoms with Gasteiger partial charge in [0.05, 0.1) is 0 Å². The molecule has 0 N–H and O–H groups in total. The maximum Gasteiger partial charge on any atom is 0.0468 e. The van der Waals surface area contributed by atoms with Crippen molar-refractivity contribution in [2.24, 2.45) is 41.4 Å². The van der Waals surface area contributed by atoms with Crippen molar-refractivity contribution in [3.8, 4) is 33.4 Å². The second kappa shape index (κ2) is 13.3. The van der Waals surface area contributed by atoms with Crippen LogP contribution in [0.2, 0.25) is 0 Å². The lowest BCUT2D eigenvalue weighted by Gasteiger charge is -2.61. The SMILES string of the molecule is CCC1CC2CCCC(C2)C12c1ccccc1-c1cc(N(c3ccc(-c4ccc5ccccc5c4)cc3)c3ccc4c(c3)C3(c5ccccc5-4)C4CC5CC(C4)CC3C5)ccc12. The minimum atomic E-state index is 0.119. The van der Waals surface area contributed by atoms with E-state index in [0.29, 0.717) is 5.92 Å². The second-order valence-corrected chi connectivity index (χ2v) is 21.1. The molecule has 7 aromatic rings. The minimum Gasteiger partial charge on any atom is -0.310 e. The quantitative estimate of drug-likeness (QED) is 0.168. The first-order chi connectivity index (χ1) is 30.6. The van der Waals surface area contributed by atoms with Gasteiger partial charge in [-0.05, 0) is 202 Å². The fourth-order valence-corrected chi connectivity index (χ4v) is 16.6. The van der Waals surface area contributed by atoms with Gasteiger partial charge in [-0.3, -0.25) is 0 Å². The summed E-state index contributed by atoms with van der Waals surface area (Å²) in [7, 11) is 0. The van der Waals surface area contributed by atoms with E-state index in [1.807, 2.05) is 0 Å². The van der Waals surface area contributed by atoms with Crippen molar-refractivity contribution in [1.82, 2.24) is 0 Å². The van der Waals surface area contributed by atoms with Crippen molar-refractivity contribution in [3.63, 3.8) is 0 Å². The molecule has 0 saturated heterocycles. The topological polar surface area (TPSA) is 3.24 Å². The van der Waals surface area contributed by atoms with Gasteiger partial charge >= 0.3 is 0 Å². The average Bonchev–Trinajstić information content (AvgIpc) is 3.77. The van der Waals surface area contributed by atoms with E-state index in [1.54, 1.807) is 22.3 Å². The molecule has 0 aromatic heterocycles. The van der Waals surface area contributed by atoms with Crippen molar-refractivity contribution >= 4 is 27.8 Å². The van der Waals surface area contributed by atoms with Gasteiger partial charge in [-0.25, -0.2) is 0 Å². The zero-order valence-corrected chi connectivity index (χ0v) is 36.2. The molecule has 2 spiro atoms. The highest BCUT2D eigenvalue weighted by Crippen LogP contribution is 2.70. The fourth-order valence-electron chi connectivity index (χ4n) is 16.6. The van der Waals surface area contributed by atoms with Crippen molar-refractivity contribution in [2.75, 3.05) is 4.90 Å². The number of anilines is 3. The van der Waals surface area contributed by atoms with E-state index in [9.17, 15) is 0 Å². The monoisotopic (exact) mass is 803 g/mol. The summed E-state index contributed by atoms with van der Waals surface area (Å²) in [5, 5.41) is 2.58. The number of hydrogen-bond acceptors (Lipinski definition) is 1. The van der Waals surface area contributed by atoms with Gasteiger partial charge in [0.2, 0.25) is 0 Å². The van der Waals surface area contributed by atoms with Crippen LogP contribution in [0.25, 0.3) is 44.2 Å². The Labute approximate surface area is 368 Å². The molecule has 8 aliphatic carbocycles. The Kier molecular flexibility index (Phi) is 7.75. The molecule has 62 heavy (non-hydrogen) atoms. The molecule has 0 aliphatic heterocycles. The highest BCUT2D eigenvalue weighted by Gasteiger charge is 2.62. The van der Waals surface area contributed by atoms with Crippen molar-refractivity contribution in [2.45, 2.75) is 88.4 Å². The van der Waals surface area contributed by atoms with Crippen LogP contribution < -0.4 is 4.90 Å². The molecular weight excluding hydrogens is 747 g/mol. The van der Waals surface area contributed by atoms with Crippen LogP contribution in [-0.2, 0) is 10.8 Å². The Morgan fingerprint density at radius 1 is 0.419 bits per heavy atom. The summed E-state index contributed by atoms with van der Waals surface area (Å²) in [4.78, 5) is 2.62. The zero-order valence-electron chi connectivity index (χ0n) is 36.2. The third-order valence-corrected chi connectivity index (χ3v) is 18.6. The van der Waals surface area contributed by atoms with E-state index in [1.165, 1.54) is 132 Å². The highest BCUT2D eigenvalue weighted by molar-refractivity contribution is 5.91. The molecule has 1 heteroatoms.